The average Bonchev–Trinajstić information content (AvgIpc) is 2.97. The van der Waals surface area contributed by atoms with Crippen molar-refractivity contribution in [3.05, 3.63) is 30.4 Å². The summed E-state index contributed by atoms with van der Waals surface area (Å²) in [6.07, 6.45) is 8.92. The molecular weight excluding hydrogens is 250 g/mol. The van der Waals surface area contributed by atoms with Crippen LogP contribution in [0.5, 0.6) is 0 Å². The van der Waals surface area contributed by atoms with E-state index in [9.17, 15) is 0 Å². The first-order valence-electron chi connectivity index (χ1n) is 7.41. The lowest BCUT2D eigenvalue weighted by molar-refractivity contribution is 0.373. The summed E-state index contributed by atoms with van der Waals surface area (Å²) >= 11 is 0. The second-order valence-electron chi connectivity index (χ2n) is 5.30. The predicted octanol–water partition coefficient (Wildman–Crippen LogP) is 1.90. The zero-order chi connectivity index (χ0) is 13.8. The molecule has 5 nitrogen and oxygen atoms in total. The first kappa shape index (κ1) is 13.2. The molecule has 3 rings (SSSR count). The van der Waals surface area contributed by atoms with Gasteiger partial charge in [0.1, 0.15) is 5.69 Å². The molecule has 1 N–H and O–H groups in total. The van der Waals surface area contributed by atoms with Crippen molar-refractivity contribution in [2.75, 3.05) is 13.1 Å². The minimum Gasteiger partial charge on any atom is -0.316 e. The molecule has 0 bridgehead atoms. The fourth-order valence-electron chi connectivity index (χ4n) is 2.89. The van der Waals surface area contributed by atoms with Crippen LogP contribution in [0.1, 0.15) is 25.5 Å². The Kier molecular flexibility index (Phi) is 4.06. The predicted molar refractivity (Wildman–Crippen MR) is 78.2 cm³/mol. The van der Waals surface area contributed by atoms with Gasteiger partial charge in [-0.15, -0.1) is 0 Å². The Morgan fingerprint density at radius 3 is 3.00 bits per heavy atom. The summed E-state index contributed by atoms with van der Waals surface area (Å²) in [5.74, 6) is 0.664. The Balaban J connectivity index is 1.88. The van der Waals surface area contributed by atoms with Gasteiger partial charge in [0.2, 0.25) is 0 Å². The maximum absolute atomic E-state index is 4.57. The van der Waals surface area contributed by atoms with Crippen molar-refractivity contribution in [2.45, 2.75) is 32.7 Å². The van der Waals surface area contributed by atoms with Gasteiger partial charge in [-0.3, -0.25) is 14.6 Å². The van der Waals surface area contributed by atoms with Crippen LogP contribution in [0.2, 0.25) is 0 Å². The zero-order valence-corrected chi connectivity index (χ0v) is 11.9. The normalized spacial score (nSPS) is 19.1. The number of nitrogens with zero attached hydrogens (tertiary/aromatic N) is 4. The van der Waals surface area contributed by atoms with E-state index < -0.39 is 0 Å². The molecule has 0 radical (unpaired) electrons. The quantitative estimate of drug-likeness (QED) is 0.923. The van der Waals surface area contributed by atoms with Crippen LogP contribution < -0.4 is 5.32 Å². The van der Waals surface area contributed by atoms with Crippen LogP contribution in [0, 0.1) is 5.92 Å². The molecular formula is C15H21N5. The van der Waals surface area contributed by atoms with Crippen molar-refractivity contribution in [2.24, 2.45) is 5.92 Å². The van der Waals surface area contributed by atoms with Crippen molar-refractivity contribution in [3.8, 4) is 11.4 Å². The topological polar surface area (TPSA) is 55.6 Å². The number of piperidine rings is 1. The van der Waals surface area contributed by atoms with Crippen molar-refractivity contribution in [1.82, 2.24) is 25.1 Å². The van der Waals surface area contributed by atoms with Gasteiger partial charge >= 0.3 is 0 Å². The molecule has 106 valence electrons. The molecule has 3 heterocycles. The fraction of sp³-hybridized carbons (Fsp3) is 0.533. The van der Waals surface area contributed by atoms with Crippen molar-refractivity contribution in [1.29, 1.82) is 0 Å². The van der Waals surface area contributed by atoms with Gasteiger partial charge in [-0.1, -0.05) is 0 Å². The van der Waals surface area contributed by atoms with Crippen LogP contribution >= 0.6 is 0 Å². The van der Waals surface area contributed by atoms with Gasteiger partial charge in [-0.05, 0) is 51.3 Å². The molecule has 5 heteroatoms. The third-order valence-corrected chi connectivity index (χ3v) is 3.91. The lowest BCUT2D eigenvalue weighted by atomic mass is 9.93. The maximum atomic E-state index is 4.57. The van der Waals surface area contributed by atoms with E-state index in [0.29, 0.717) is 5.92 Å². The van der Waals surface area contributed by atoms with Gasteiger partial charge in [-0.25, -0.2) is 0 Å². The van der Waals surface area contributed by atoms with E-state index in [1.807, 2.05) is 16.9 Å². The lowest BCUT2D eigenvalue weighted by Gasteiger charge is -2.23. The molecule has 1 unspecified atom stereocenters. The zero-order valence-electron chi connectivity index (χ0n) is 11.9. The molecule has 0 spiro atoms. The third kappa shape index (κ3) is 2.72. The van der Waals surface area contributed by atoms with Crippen LogP contribution in [-0.2, 0) is 13.0 Å². The monoisotopic (exact) mass is 271 g/mol. The highest BCUT2D eigenvalue weighted by Crippen LogP contribution is 2.23. The summed E-state index contributed by atoms with van der Waals surface area (Å²) < 4.78 is 1.98. The summed E-state index contributed by atoms with van der Waals surface area (Å²) in [6.45, 7) is 5.18. The molecule has 0 amide bonds. The Morgan fingerprint density at radius 1 is 1.30 bits per heavy atom. The van der Waals surface area contributed by atoms with Gasteiger partial charge in [-0.2, -0.15) is 5.10 Å². The summed E-state index contributed by atoms with van der Waals surface area (Å²) in [6, 6.07) is 2.02. The maximum Gasteiger partial charge on any atom is 0.110 e. The average molecular weight is 271 g/mol. The smallest absolute Gasteiger partial charge is 0.110 e. The first-order valence-corrected chi connectivity index (χ1v) is 7.41. The molecule has 1 saturated heterocycles. The van der Waals surface area contributed by atoms with Gasteiger partial charge < -0.3 is 5.32 Å². The number of hydrogen-bond acceptors (Lipinski definition) is 4. The molecule has 2 aromatic rings. The largest absolute Gasteiger partial charge is 0.316 e. The van der Waals surface area contributed by atoms with E-state index in [0.717, 1.165) is 43.1 Å². The molecule has 0 saturated carbocycles. The molecule has 1 atom stereocenters. The van der Waals surface area contributed by atoms with Gasteiger partial charge in [0, 0.05) is 25.1 Å². The standard InChI is InChI=1S/C15H21N5/c1-2-20-14(5-7-19-20)15-13(17-8-9-18-15)10-12-4-3-6-16-11-12/h5,7-9,12,16H,2-4,6,10-11H2,1H3. The van der Waals surface area contributed by atoms with Crippen LogP contribution in [0.4, 0.5) is 0 Å². The van der Waals surface area contributed by atoms with Gasteiger partial charge in [0.05, 0.1) is 11.4 Å². The highest BCUT2D eigenvalue weighted by atomic mass is 15.3. The highest BCUT2D eigenvalue weighted by Gasteiger charge is 2.18. The summed E-state index contributed by atoms with van der Waals surface area (Å²) in [7, 11) is 0. The van der Waals surface area contributed by atoms with E-state index >= 15 is 0 Å². The molecule has 1 fully saturated rings. The van der Waals surface area contributed by atoms with Crippen molar-refractivity contribution in [3.63, 3.8) is 0 Å². The first-order chi connectivity index (χ1) is 9.88. The van der Waals surface area contributed by atoms with E-state index in [2.05, 4.69) is 27.3 Å². The Bertz CT molecular complexity index is 557. The Labute approximate surface area is 119 Å². The fourth-order valence-corrected chi connectivity index (χ4v) is 2.89. The van der Waals surface area contributed by atoms with Crippen LogP contribution in [0.15, 0.2) is 24.7 Å². The van der Waals surface area contributed by atoms with E-state index in [-0.39, 0.29) is 0 Å². The number of nitrogens with one attached hydrogen (secondary N) is 1. The second kappa shape index (κ2) is 6.13. The molecule has 2 aromatic heterocycles. The van der Waals surface area contributed by atoms with E-state index in [1.165, 1.54) is 12.8 Å². The number of hydrogen-bond donors (Lipinski definition) is 1. The van der Waals surface area contributed by atoms with Crippen molar-refractivity contribution >= 4 is 0 Å². The number of rotatable bonds is 4. The summed E-state index contributed by atoms with van der Waals surface area (Å²) in [5.41, 5.74) is 3.15. The van der Waals surface area contributed by atoms with Crippen LogP contribution in [0.3, 0.4) is 0 Å². The molecule has 0 aliphatic carbocycles. The Hall–Kier alpha value is -1.75. The third-order valence-electron chi connectivity index (χ3n) is 3.91. The number of aryl methyl sites for hydroxylation is 1. The number of aromatic nitrogens is 4. The van der Waals surface area contributed by atoms with Crippen LogP contribution in [-0.4, -0.2) is 32.8 Å². The SMILES string of the molecule is CCn1nccc1-c1nccnc1CC1CCCNC1. The second-order valence-corrected chi connectivity index (χ2v) is 5.30. The van der Waals surface area contributed by atoms with Crippen LogP contribution in [0.25, 0.3) is 11.4 Å². The van der Waals surface area contributed by atoms with E-state index in [4.69, 9.17) is 0 Å². The summed E-state index contributed by atoms with van der Waals surface area (Å²) in [5, 5.41) is 7.80. The minimum absolute atomic E-state index is 0.664. The highest BCUT2D eigenvalue weighted by molar-refractivity contribution is 5.56. The lowest BCUT2D eigenvalue weighted by Crippen LogP contribution is -2.31. The molecule has 1 aliphatic heterocycles. The summed E-state index contributed by atoms with van der Waals surface area (Å²) in [4.78, 5) is 9.12. The minimum atomic E-state index is 0.664. The van der Waals surface area contributed by atoms with Gasteiger partial charge in [0.25, 0.3) is 0 Å². The molecule has 1 aliphatic rings. The van der Waals surface area contributed by atoms with Crippen molar-refractivity contribution < 1.29 is 0 Å². The molecule has 0 aromatic carbocycles. The van der Waals surface area contributed by atoms with Gasteiger partial charge in [0.15, 0.2) is 0 Å². The van der Waals surface area contributed by atoms with E-state index in [1.54, 1.807) is 12.4 Å². The Morgan fingerprint density at radius 2 is 2.20 bits per heavy atom. The molecule has 20 heavy (non-hydrogen) atoms.